The number of β-lactam (4-membered cyclic amide) rings is 1. The van der Waals surface area contributed by atoms with Crippen LogP contribution in [0.15, 0.2) is 35.2 Å². The van der Waals surface area contributed by atoms with Gasteiger partial charge in [-0.1, -0.05) is 45.9 Å². The van der Waals surface area contributed by atoms with Crippen LogP contribution in [0.2, 0.25) is 0 Å². The Labute approximate surface area is 119 Å². The van der Waals surface area contributed by atoms with Crippen LogP contribution in [-0.4, -0.2) is 28.3 Å². The van der Waals surface area contributed by atoms with Gasteiger partial charge in [-0.05, 0) is 19.1 Å². The molecule has 2 saturated heterocycles. The molecule has 2 aliphatic rings. The zero-order chi connectivity index (χ0) is 12.7. The molecule has 0 aromatic heterocycles. The molecule has 0 spiro atoms. The van der Waals surface area contributed by atoms with Crippen molar-refractivity contribution >= 4 is 33.6 Å². The molecule has 2 fully saturated rings. The van der Waals surface area contributed by atoms with Crippen molar-refractivity contribution in [1.82, 2.24) is 5.32 Å². The van der Waals surface area contributed by atoms with Crippen LogP contribution in [-0.2, 0) is 9.53 Å². The van der Waals surface area contributed by atoms with Gasteiger partial charge in [-0.15, -0.1) is 0 Å². The van der Waals surface area contributed by atoms with E-state index >= 15 is 0 Å². The predicted molar refractivity (Wildman–Crippen MR) is 74.8 cm³/mol. The van der Waals surface area contributed by atoms with Gasteiger partial charge < -0.3 is 10.1 Å². The van der Waals surface area contributed by atoms with Gasteiger partial charge in [0.05, 0.1) is 22.9 Å². The molecule has 18 heavy (non-hydrogen) atoms. The second kappa shape index (κ2) is 4.87. The van der Waals surface area contributed by atoms with Crippen LogP contribution in [0.25, 0.3) is 0 Å². The summed E-state index contributed by atoms with van der Waals surface area (Å²) in [6.07, 6.45) is -0.0150. The number of benzene rings is 1. The number of rotatable bonds is 2. The Morgan fingerprint density at radius 1 is 1.33 bits per heavy atom. The van der Waals surface area contributed by atoms with E-state index in [1.165, 1.54) is 4.90 Å². The number of thioether (sulfide) groups is 1. The van der Waals surface area contributed by atoms with Crippen molar-refractivity contribution < 1.29 is 9.53 Å². The minimum absolute atomic E-state index is 0.00185. The molecule has 3 rings (SSSR count). The maximum Gasteiger partial charge on any atom is 0.228 e. The van der Waals surface area contributed by atoms with Gasteiger partial charge in [0.1, 0.15) is 5.44 Å². The van der Waals surface area contributed by atoms with E-state index in [9.17, 15) is 4.79 Å². The Kier molecular flexibility index (Phi) is 3.38. The van der Waals surface area contributed by atoms with Crippen molar-refractivity contribution in [2.75, 3.05) is 0 Å². The highest BCUT2D eigenvalue weighted by molar-refractivity contribution is 9.09. The summed E-state index contributed by atoms with van der Waals surface area (Å²) < 4.78 is 5.96. The Balaban J connectivity index is 1.72. The summed E-state index contributed by atoms with van der Waals surface area (Å²) in [6, 6.07) is 10.4. The second-order valence-electron chi connectivity index (χ2n) is 4.65. The fourth-order valence-corrected chi connectivity index (χ4v) is 4.49. The largest absolute Gasteiger partial charge is 0.362 e. The first-order valence-corrected chi connectivity index (χ1v) is 7.78. The normalized spacial score (nSPS) is 38.6. The Bertz CT molecular complexity index is 456. The van der Waals surface area contributed by atoms with Crippen molar-refractivity contribution in [2.24, 2.45) is 5.92 Å². The molecule has 5 heteroatoms. The second-order valence-corrected chi connectivity index (χ2v) is 6.87. The monoisotopic (exact) mass is 327 g/mol. The number of halogens is 1. The number of alkyl halides is 1. The van der Waals surface area contributed by atoms with E-state index in [4.69, 9.17) is 4.74 Å². The van der Waals surface area contributed by atoms with Crippen molar-refractivity contribution in [3.8, 4) is 0 Å². The number of fused-ring (bicyclic) bond motifs is 1. The topological polar surface area (TPSA) is 38.3 Å². The van der Waals surface area contributed by atoms with Crippen molar-refractivity contribution in [3.05, 3.63) is 30.3 Å². The molecule has 1 aromatic carbocycles. The van der Waals surface area contributed by atoms with E-state index in [0.29, 0.717) is 0 Å². The van der Waals surface area contributed by atoms with Gasteiger partial charge in [0, 0.05) is 4.90 Å². The zero-order valence-corrected chi connectivity index (χ0v) is 12.3. The van der Waals surface area contributed by atoms with Crippen LogP contribution in [0.5, 0.6) is 0 Å². The van der Waals surface area contributed by atoms with E-state index in [1.807, 2.05) is 25.1 Å². The van der Waals surface area contributed by atoms with Crippen LogP contribution in [0, 0.1) is 5.92 Å². The molecular weight excluding hydrogens is 314 g/mol. The number of nitrogens with one attached hydrogen (secondary N) is 1. The third-order valence-corrected chi connectivity index (χ3v) is 6.03. The van der Waals surface area contributed by atoms with Crippen LogP contribution in [0.3, 0.4) is 0 Å². The first kappa shape index (κ1) is 12.5. The van der Waals surface area contributed by atoms with Crippen molar-refractivity contribution in [2.45, 2.75) is 34.2 Å². The fraction of sp³-hybridized carbons (Fsp3) is 0.462. The Morgan fingerprint density at radius 3 is 2.72 bits per heavy atom. The lowest BCUT2D eigenvalue weighted by molar-refractivity contribution is -0.152. The van der Waals surface area contributed by atoms with Gasteiger partial charge in [-0.25, -0.2) is 0 Å². The van der Waals surface area contributed by atoms with Gasteiger partial charge >= 0.3 is 0 Å². The summed E-state index contributed by atoms with van der Waals surface area (Å²) >= 11 is 5.36. The van der Waals surface area contributed by atoms with Crippen LogP contribution >= 0.6 is 27.7 Å². The number of hydrogen-bond donors (Lipinski definition) is 1. The Hall–Kier alpha value is -0.520. The summed E-state index contributed by atoms with van der Waals surface area (Å²) in [5, 5.41) is 2.96. The number of carbonyl (C=O) groups is 1. The molecule has 0 bridgehead atoms. The molecule has 0 saturated carbocycles. The van der Waals surface area contributed by atoms with E-state index in [-0.39, 0.29) is 34.2 Å². The SMILES string of the molecule is C[C@@H]1O[C@@H](Sc2ccccc2)[C@H](Br)[C@@H]2NC(=O)[C@@H]21. The maximum absolute atomic E-state index is 11.5. The summed E-state index contributed by atoms with van der Waals surface area (Å²) in [7, 11) is 0. The average Bonchev–Trinajstić information content (AvgIpc) is 2.34. The molecule has 1 aromatic rings. The molecule has 0 unspecified atom stereocenters. The van der Waals surface area contributed by atoms with E-state index in [1.54, 1.807) is 11.8 Å². The third kappa shape index (κ3) is 2.08. The highest BCUT2D eigenvalue weighted by Gasteiger charge is 2.53. The van der Waals surface area contributed by atoms with Crippen LogP contribution in [0.4, 0.5) is 0 Å². The molecule has 0 aliphatic carbocycles. The first-order valence-electron chi connectivity index (χ1n) is 5.98. The molecule has 0 radical (unpaired) electrons. The van der Waals surface area contributed by atoms with Gasteiger partial charge in [-0.3, -0.25) is 4.79 Å². The average molecular weight is 328 g/mol. The van der Waals surface area contributed by atoms with Crippen molar-refractivity contribution in [3.63, 3.8) is 0 Å². The molecule has 5 atom stereocenters. The van der Waals surface area contributed by atoms with Gasteiger partial charge in [0.25, 0.3) is 0 Å². The number of hydrogen-bond acceptors (Lipinski definition) is 3. The molecule has 3 nitrogen and oxygen atoms in total. The highest BCUT2D eigenvalue weighted by atomic mass is 79.9. The highest BCUT2D eigenvalue weighted by Crippen LogP contribution is 2.41. The van der Waals surface area contributed by atoms with Crippen LogP contribution < -0.4 is 5.32 Å². The number of amides is 1. The maximum atomic E-state index is 11.5. The van der Waals surface area contributed by atoms with Crippen LogP contribution in [0.1, 0.15) is 6.92 Å². The molecule has 1 amide bonds. The van der Waals surface area contributed by atoms with Gasteiger partial charge in [0.2, 0.25) is 5.91 Å². The molecule has 96 valence electrons. The number of ether oxygens (including phenoxy) is 1. The van der Waals surface area contributed by atoms with Crippen molar-refractivity contribution in [1.29, 1.82) is 0 Å². The zero-order valence-electron chi connectivity index (χ0n) is 9.88. The lowest BCUT2D eigenvalue weighted by Gasteiger charge is -2.49. The standard InChI is InChI=1S/C13H14BrNO2S/c1-7-9-11(15-12(9)16)10(14)13(17-7)18-8-5-3-2-4-6-8/h2-7,9-11,13H,1H3,(H,15,16)/t7-,9+,10+,11+,13-/m0/s1. The number of carbonyl (C=O) groups excluding carboxylic acids is 1. The Morgan fingerprint density at radius 2 is 2.06 bits per heavy atom. The predicted octanol–water partition coefficient (Wildman–Crippen LogP) is 2.40. The third-order valence-electron chi connectivity index (χ3n) is 3.45. The molecule has 2 heterocycles. The molecule has 1 N–H and O–H groups in total. The van der Waals surface area contributed by atoms with Gasteiger partial charge in [-0.2, -0.15) is 0 Å². The van der Waals surface area contributed by atoms with E-state index in [0.717, 1.165) is 0 Å². The summed E-state index contributed by atoms with van der Waals surface area (Å²) in [6.45, 7) is 1.98. The van der Waals surface area contributed by atoms with E-state index in [2.05, 4.69) is 33.4 Å². The lowest BCUT2D eigenvalue weighted by Crippen LogP contribution is -2.70. The lowest BCUT2D eigenvalue weighted by atomic mass is 9.82. The van der Waals surface area contributed by atoms with E-state index < -0.39 is 0 Å². The minimum Gasteiger partial charge on any atom is -0.362 e. The summed E-state index contributed by atoms with van der Waals surface area (Å²) in [5.41, 5.74) is 0.0317. The summed E-state index contributed by atoms with van der Waals surface area (Å²) in [5.74, 6) is 0.113. The van der Waals surface area contributed by atoms with Gasteiger partial charge in [0.15, 0.2) is 0 Å². The summed E-state index contributed by atoms with van der Waals surface area (Å²) in [4.78, 5) is 12.8. The molecule has 2 aliphatic heterocycles. The quantitative estimate of drug-likeness (QED) is 0.669. The minimum atomic E-state index is -0.0150. The molecular formula is C13H14BrNO2S. The first-order chi connectivity index (χ1) is 8.66. The smallest absolute Gasteiger partial charge is 0.228 e. The fourth-order valence-electron chi connectivity index (χ4n) is 2.47.